The molecule has 0 saturated heterocycles. The van der Waals surface area contributed by atoms with Gasteiger partial charge >= 0.3 is 0 Å². The Labute approximate surface area is 204 Å². The maximum Gasteiger partial charge on any atom is 0.255 e. The SMILES string of the molecule is CCCCNC(=O)[C@H](C)C[C@H](N)[C@H](C[C@@H](C)CNC(=O)c1ccccc1OCCCOC)[NH+]=[N-]. The number of hydrogen-bond donors (Lipinski definition) is 4. The van der Waals surface area contributed by atoms with Gasteiger partial charge in [-0.3, -0.25) is 9.59 Å². The van der Waals surface area contributed by atoms with Gasteiger partial charge in [-0.1, -0.05) is 39.3 Å². The number of rotatable bonds is 18. The van der Waals surface area contributed by atoms with Crippen LogP contribution >= 0.6 is 0 Å². The lowest BCUT2D eigenvalue weighted by atomic mass is 9.91. The first kappa shape index (κ1) is 29.5. The third-order valence-electron chi connectivity index (χ3n) is 5.73. The van der Waals surface area contributed by atoms with Crippen molar-refractivity contribution in [1.29, 1.82) is 0 Å². The molecule has 0 radical (unpaired) electrons. The van der Waals surface area contributed by atoms with Crippen molar-refractivity contribution in [1.82, 2.24) is 10.6 Å². The van der Waals surface area contributed by atoms with Crippen LogP contribution in [0.15, 0.2) is 24.3 Å². The molecule has 0 aliphatic heterocycles. The van der Waals surface area contributed by atoms with Crippen molar-refractivity contribution in [3.63, 3.8) is 0 Å². The molecular weight excluding hydrogens is 434 g/mol. The van der Waals surface area contributed by atoms with E-state index in [4.69, 9.17) is 15.2 Å². The molecule has 0 bridgehead atoms. The number of unbranched alkanes of at least 4 members (excludes halogenated alkanes) is 1. The van der Waals surface area contributed by atoms with Crippen LogP contribution in [0.5, 0.6) is 5.75 Å². The lowest BCUT2D eigenvalue weighted by Crippen LogP contribution is -2.77. The zero-order chi connectivity index (χ0) is 25.3. The second kappa shape index (κ2) is 17.0. The molecule has 0 aliphatic carbocycles. The fourth-order valence-electron chi connectivity index (χ4n) is 3.61. The van der Waals surface area contributed by atoms with Crippen molar-refractivity contribution in [2.24, 2.45) is 17.6 Å². The summed E-state index contributed by atoms with van der Waals surface area (Å²) < 4.78 is 10.8. The van der Waals surface area contributed by atoms with E-state index in [1.165, 1.54) is 0 Å². The quantitative estimate of drug-likeness (QED) is 0.188. The third kappa shape index (κ3) is 11.1. The molecule has 0 fully saturated rings. The summed E-state index contributed by atoms with van der Waals surface area (Å²) in [6.45, 7) is 8.02. The first-order chi connectivity index (χ1) is 16.3. The van der Waals surface area contributed by atoms with Crippen molar-refractivity contribution in [3.05, 3.63) is 35.4 Å². The lowest BCUT2D eigenvalue weighted by Gasteiger charge is -2.23. The van der Waals surface area contributed by atoms with Gasteiger partial charge in [0.25, 0.3) is 5.91 Å². The van der Waals surface area contributed by atoms with Gasteiger partial charge in [-0.05, 0) is 30.9 Å². The molecule has 0 aliphatic rings. The zero-order valence-electron chi connectivity index (χ0n) is 21.1. The van der Waals surface area contributed by atoms with E-state index in [-0.39, 0.29) is 23.7 Å². The van der Waals surface area contributed by atoms with E-state index in [2.05, 4.69) is 22.7 Å². The summed E-state index contributed by atoms with van der Waals surface area (Å²) in [6, 6.07) is 6.33. The maximum absolute atomic E-state index is 12.7. The lowest BCUT2D eigenvalue weighted by molar-refractivity contribution is -0.531. The van der Waals surface area contributed by atoms with Gasteiger partial charge in [-0.2, -0.15) is 0 Å². The number of nitrogens with one attached hydrogen (secondary N) is 3. The Bertz CT molecular complexity index is 746. The predicted molar refractivity (Wildman–Crippen MR) is 132 cm³/mol. The molecule has 0 saturated carbocycles. The van der Waals surface area contributed by atoms with Crippen LogP contribution in [0, 0.1) is 11.8 Å². The Hall–Kier alpha value is -2.52. The molecule has 34 heavy (non-hydrogen) atoms. The van der Waals surface area contributed by atoms with E-state index < -0.39 is 12.1 Å². The zero-order valence-corrected chi connectivity index (χ0v) is 21.1. The second-order valence-corrected chi connectivity index (χ2v) is 8.92. The smallest absolute Gasteiger partial charge is 0.255 e. The van der Waals surface area contributed by atoms with E-state index in [9.17, 15) is 15.1 Å². The number of benzene rings is 1. The molecule has 1 rings (SSSR count). The fourth-order valence-corrected chi connectivity index (χ4v) is 3.61. The largest absolute Gasteiger partial charge is 0.508 e. The first-order valence-corrected chi connectivity index (χ1v) is 12.3. The summed E-state index contributed by atoms with van der Waals surface area (Å²) in [4.78, 5) is 24.9. The standard InChI is InChI=1S/C25H43N5O4/c1-5-6-12-28-24(31)19(3)16-21(26)22(30-27)15-18(2)17-29-25(32)20-10-7-8-11-23(20)34-14-9-13-33-4/h7-8,10-11,18-19,21-22,30H,5-6,9,12-17,26H2,1-4H3,(H,28,31)(H,29,32)/t18-,19-,21+,22+/m1/s1. The fraction of sp³-hybridized carbons (Fsp3) is 0.680. The second-order valence-electron chi connectivity index (χ2n) is 8.92. The van der Waals surface area contributed by atoms with Crippen LogP contribution in [-0.4, -0.2) is 57.3 Å². The van der Waals surface area contributed by atoms with Gasteiger partial charge < -0.3 is 36.5 Å². The van der Waals surface area contributed by atoms with Crippen LogP contribution in [0.2, 0.25) is 0 Å². The Balaban J connectivity index is 2.53. The number of nitrogens with two attached hydrogens (primary N) is 1. The summed E-state index contributed by atoms with van der Waals surface area (Å²) in [6.07, 6.45) is 3.68. The van der Waals surface area contributed by atoms with Gasteiger partial charge in [0.05, 0.1) is 18.2 Å². The topological polar surface area (TPSA) is 139 Å². The molecule has 1 aromatic carbocycles. The highest BCUT2D eigenvalue weighted by atomic mass is 16.5. The highest BCUT2D eigenvalue weighted by Crippen LogP contribution is 2.18. The normalized spacial score (nSPS) is 14.5. The highest BCUT2D eigenvalue weighted by Gasteiger charge is 2.26. The van der Waals surface area contributed by atoms with Crippen molar-refractivity contribution in [2.45, 2.75) is 65.0 Å². The summed E-state index contributed by atoms with van der Waals surface area (Å²) in [5.74, 6) is 0.0847. The minimum absolute atomic E-state index is 0.0241. The minimum Gasteiger partial charge on any atom is -0.508 e. The monoisotopic (exact) mass is 477 g/mol. The highest BCUT2D eigenvalue weighted by molar-refractivity contribution is 5.96. The van der Waals surface area contributed by atoms with Gasteiger partial charge in [0.15, 0.2) is 6.04 Å². The Kier molecular flexibility index (Phi) is 14.8. The van der Waals surface area contributed by atoms with E-state index in [1.54, 1.807) is 25.3 Å². The van der Waals surface area contributed by atoms with Crippen LogP contribution in [-0.2, 0) is 9.53 Å². The molecule has 0 spiro atoms. The Morgan fingerprint density at radius 2 is 1.85 bits per heavy atom. The molecule has 0 unspecified atom stereocenters. The third-order valence-corrected chi connectivity index (χ3v) is 5.73. The number of carbonyl (C=O) groups excluding carboxylic acids is 2. The van der Waals surface area contributed by atoms with Crippen LogP contribution in [0.25, 0.3) is 5.53 Å². The maximum atomic E-state index is 12.7. The molecule has 0 aromatic heterocycles. The Morgan fingerprint density at radius 1 is 1.12 bits per heavy atom. The number of methoxy groups -OCH3 is 1. The molecule has 192 valence electrons. The van der Waals surface area contributed by atoms with Gasteiger partial charge in [0.1, 0.15) is 5.75 Å². The summed E-state index contributed by atoms with van der Waals surface area (Å²) in [5.41, 5.74) is 16.4. The first-order valence-electron chi connectivity index (χ1n) is 12.3. The van der Waals surface area contributed by atoms with Crippen molar-refractivity contribution < 1.29 is 24.2 Å². The van der Waals surface area contributed by atoms with E-state index in [0.29, 0.717) is 50.5 Å². The number of amides is 2. The molecule has 5 N–H and O–H groups in total. The molecule has 0 heterocycles. The molecule has 9 heteroatoms. The van der Waals surface area contributed by atoms with Crippen molar-refractivity contribution in [2.75, 3.05) is 33.4 Å². The van der Waals surface area contributed by atoms with Gasteiger partial charge in [-0.25, -0.2) is 0 Å². The van der Waals surface area contributed by atoms with Crippen LogP contribution < -0.4 is 26.2 Å². The van der Waals surface area contributed by atoms with Crippen molar-refractivity contribution in [3.8, 4) is 5.75 Å². The summed E-state index contributed by atoms with van der Waals surface area (Å²) >= 11 is 0. The van der Waals surface area contributed by atoms with Crippen LogP contribution in [0.1, 0.15) is 63.2 Å². The van der Waals surface area contributed by atoms with Crippen molar-refractivity contribution >= 4 is 11.8 Å². The van der Waals surface area contributed by atoms with E-state index in [1.807, 2.05) is 19.9 Å². The molecule has 1 aromatic rings. The van der Waals surface area contributed by atoms with E-state index in [0.717, 1.165) is 19.3 Å². The summed E-state index contributed by atoms with van der Waals surface area (Å²) in [7, 11) is 1.64. The molecular formula is C25H43N5O4. The number of para-hydroxylation sites is 1. The molecule has 2 amide bonds. The van der Waals surface area contributed by atoms with Gasteiger partial charge in [0.2, 0.25) is 5.91 Å². The average molecular weight is 478 g/mol. The molecule has 4 atom stereocenters. The number of nitrogens with zero attached hydrogens (tertiary/aromatic N) is 1. The van der Waals surface area contributed by atoms with Gasteiger partial charge in [-0.15, -0.1) is 0 Å². The number of hydrogen-bond acceptors (Lipinski definition) is 5. The van der Waals surface area contributed by atoms with Gasteiger partial charge in [0, 0.05) is 45.6 Å². The minimum atomic E-state index is -0.406. The summed E-state index contributed by atoms with van der Waals surface area (Å²) in [5, 5.41) is 8.15. The number of ether oxygens (including phenoxy) is 2. The van der Waals surface area contributed by atoms with Crippen LogP contribution in [0.4, 0.5) is 0 Å². The average Bonchev–Trinajstić information content (AvgIpc) is 2.83. The predicted octanol–water partition coefficient (Wildman–Crippen LogP) is 1.60. The molecule has 9 nitrogen and oxygen atoms in total. The number of carbonyl (C=O) groups is 2. The van der Waals surface area contributed by atoms with E-state index >= 15 is 0 Å². The van der Waals surface area contributed by atoms with Crippen LogP contribution in [0.3, 0.4) is 0 Å². The Morgan fingerprint density at radius 3 is 2.53 bits per heavy atom.